The number of rotatable bonds is 4. The first-order valence-electron chi connectivity index (χ1n) is 6.89. The SMILES string of the molecule is CC1CCC(O)(CNS(=O)(=O)c2ccc(F)c(Cl)c2)CC1. The zero-order valence-electron chi connectivity index (χ0n) is 11.8. The van der Waals surface area contributed by atoms with Crippen molar-refractivity contribution in [3.63, 3.8) is 0 Å². The van der Waals surface area contributed by atoms with Gasteiger partial charge in [0, 0.05) is 6.54 Å². The van der Waals surface area contributed by atoms with Crippen LogP contribution in [0.4, 0.5) is 4.39 Å². The summed E-state index contributed by atoms with van der Waals surface area (Å²) in [7, 11) is -3.81. The summed E-state index contributed by atoms with van der Waals surface area (Å²) >= 11 is 5.60. The van der Waals surface area contributed by atoms with E-state index in [1.807, 2.05) is 0 Å². The average molecular weight is 336 g/mol. The highest BCUT2D eigenvalue weighted by Gasteiger charge is 2.33. The quantitative estimate of drug-likeness (QED) is 0.889. The van der Waals surface area contributed by atoms with Crippen LogP contribution in [0.25, 0.3) is 0 Å². The van der Waals surface area contributed by atoms with Crippen LogP contribution in [0.5, 0.6) is 0 Å². The highest BCUT2D eigenvalue weighted by atomic mass is 35.5. The lowest BCUT2D eigenvalue weighted by Crippen LogP contribution is -2.45. The number of hydrogen-bond donors (Lipinski definition) is 2. The number of halogens is 2. The van der Waals surface area contributed by atoms with Crippen molar-refractivity contribution < 1.29 is 17.9 Å². The molecular formula is C14H19ClFNO3S. The molecule has 1 aliphatic carbocycles. The Balaban J connectivity index is 2.06. The predicted octanol–water partition coefficient (Wildman–Crippen LogP) is 2.70. The molecule has 1 aromatic carbocycles. The van der Waals surface area contributed by atoms with Gasteiger partial charge in [-0.05, 0) is 49.8 Å². The van der Waals surface area contributed by atoms with E-state index in [0.29, 0.717) is 18.8 Å². The molecule has 1 saturated carbocycles. The molecule has 1 aromatic rings. The molecule has 0 aliphatic heterocycles. The summed E-state index contributed by atoms with van der Waals surface area (Å²) in [5.41, 5.74) is -1.01. The van der Waals surface area contributed by atoms with Crippen molar-refractivity contribution in [1.29, 1.82) is 0 Å². The Morgan fingerprint density at radius 2 is 2.05 bits per heavy atom. The van der Waals surface area contributed by atoms with Gasteiger partial charge in [0.15, 0.2) is 0 Å². The largest absolute Gasteiger partial charge is 0.389 e. The lowest BCUT2D eigenvalue weighted by atomic mass is 9.80. The van der Waals surface area contributed by atoms with E-state index in [-0.39, 0.29) is 16.5 Å². The van der Waals surface area contributed by atoms with E-state index in [4.69, 9.17) is 11.6 Å². The summed E-state index contributed by atoms with van der Waals surface area (Å²) in [5.74, 6) is -0.117. The van der Waals surface area contributed by atoms with Crippen molar-refractivity contribution in [2.45, 2.75) is 43.1 Å². The normalized spacial score (nSPS) is 26.8. The maximum atomic E-state index is 13.1. The second-order valence-corrected chi connectivity index (χ2v) is 7.98. The number of aliphatic hydroxyl groups is 1. The third-order valence-electron chi connectivity index (χ3n) is 4.00. The van der Waals surface area contributed by atoms with Crippen molar-refractivity contribution >= 4 is 21.6 Å². The van der Waals surface area contributed by atoms with Crippen molar-refractivity contribution in [3.8, 4) is 0 Å². The molecule has 0 atom stereocenters. The van der Waals surface area contributed by atoms with Crippen molar-refractivity contribution in [2.75, 3.05) is 6.54 Å². The van der Waals surface area contributed by atoms with E-state index in [1.165, 1.54) is 0 Å². The van der Waals surface area contributed by atoms with E-state index in [0.717, 1.165) is 31.0 Å². The van der Waals surface area contributed by atoms with E-state index < -0.39 is 21.4 Å². The summed E-state index contributed by atoms with van der Waals surface area (Å²) in [6.45, 7) is 2.07. The molecule has 7 heteroatoms. The molecule has 1 aliphatic rings. The van der Waals surface area contributed by atoms with E-state index in [2.05, 4.69) is 11.6 Å². The average Bonchev–Trinajstić information content (AvgIpc) is 2.43. The summed E-state index contributed by atoms with van der Waals surface area (Å²) in [6, 6.07) is 3.22. The second-order valence-electron chi connectivity index (χ2n) is 5.81. The third-order valence-corrected chi connectivity index (χ3v) is 5.69. The molecule has 0 saturated heterocycles. The van der Waals surface area contributed by atoms with Crippen LogP contribution < -0.4 is 4.72 Å². The maximum absolute atomic E-state index is 13.1. The van der Waals surface area contributed by atoms with Gasteiger partial charge >= 0.3 is 0 Å². The minimum Gasteiger partial charge on any atom is -0.389 e. The molecule has 0 amide bonds. The van der Waals surface area contributed by atoms with Crippen LogP contribution in [-0.4, -0.2) is 25.7 Å². The molecule has 2 N–H and O–H groups in total. The van der Waals surface area contributed by atoms with Crippen molar-refractivity contribution in [2.24, 2.45) is 5.92 Å². The van der Waals surface area contributed by atoms with E-state index in [9.17, 15) is 17.9 Å². The monoisotopic (exact) mass is 335 g/mol. The number of nitrogens with one attached hydrogen (secondary N) is 1. The number of hydrogen-bond acceptors (Lipinski definition) is 3. The number of benzene rings is 1. The summed E-state index contributed by atoms with van der Waals surface area (Å²) in [5, 5.41) is 10.1. The minimum atomic E-state index is -3.81. The van der Waals surface area contributed by atoms with Crippen LogP contribution in [0.2, 0.25) is 5.02 Å². The molecule has 118 valence electrons. The predicted molar refractivity (Wildman–Crippen MR) is 79.2 cm³/mol. The van der Waals surface area contributed by atoms with Crippen LogP contribution in [0.3, 0.4) is 0 Å². The van der Waals surface area contributed by atoms with Gasteiger partial charge in [-0.3, -0.25) is 0 Å². The highest BCUT2D eigenvalue weighted by Crippen LogP contribution is 2.31. The molecule has 1 fully saturated rings. The topological polar surface area (TPSA) is 66.4 Å². The van der Waals surface area contributed by atoms with Gasteiger partial charge in [0.25, 0.3) is 0 Å². The lowest BCUT2D eigenvalue weighted by molar-refractivity contribution is -0.00182. The van der Waals surface area contributed by atoms with Crippen LogP contribution in [0.15, 0.2) is 23.1 Å². The summed E-state index contributed by atoms with van der Waals surface area (Å²) in [6.07, 6.45) is 2.89. The van der Waals surface area contributed by atoms with Gasteiger partial charge in [-0.15, -0.1) is 0 Å². The zero-order chi connectivity index (χ0) is 15.7. The van der Waals surface area contributed by atoms with Gasteiger partial charge < -0.3 is 5.11 Å². The fraction of sp³-hybridized carbons (Fsp3) is 0.571. The highest BCUT2D eigenvalue weighted by molar-refractivity contribution is 7.89. The Hall–Kier alpha value is -0.690. The van der Waals surface area contributed by atoms with Crippen molar-refractivity contribution in [1.82, 2.24) is 4.72 Å². The third kappa shape index (κ3) is 4.16. The van der Waals surface area contributed by atoms with Gasteiger partial charge in [-0.25, -0.2) is 17.5 Å². The molecule has 2 rings (SSSR count). The Morgan fingerprint density at radius 3 is 2.62 bits per heavy atom. The van der Waals surface area contributed by atoms with Gasteiger partial charge in [0.1, 0.15) is 5.82 Å². The molecule has 21 heavy (non-hydrogen) atoms. The van der Waals surface area contributed by atoms with Crippen LogP contribution in [-0.2, 0) is 10.0 Å². The standard InChI is InChI=1S/C14H19ClFNO3S/c1-10-4-6-14(18,7-5-10)9-17-21(19,20)11-2-3-13(16)12(15)8-11/h2-3,8,10,17-18H,4-7,9H2,1H3. The molecule has 0 heterocycles. The molecule has 4 nitrogen and oxygen atoms in total. The summed E-state index contributed by atoms with van der Waals surface area (Å²) < 4.78 is 39.7. The van der Waals surface area contributed by atoms with Gasteiger partial charge in [-0.1, -0.05) is 18.5 Å². The first kappa shape index (κ1) is 16.7. The van der Waals surface area contributed by atoms with Gasteiger partial charge in [0.05, 0.1) is 15.5 Å². The second kappa shape index (κ2) is 6.20. The molecule has 0 radical (unpaired) electrons. The molecule has 0 aromatic heterocycles. The van der Waals surface area contributed by atoms with Gasteiger partial charge in [0.2, 0.25) is 10.0 Å². The molecule has 0 spiro atoms. The van der Waals surface area contributed by atoms with Crippen LogP contribution in [0.1, 0.15) is 32.6 Å². The fourth-order valence-electron chi connectivity index (χ4n) is 2.43. The lowest BCUT2D eigenvalue weighted by Gasteiger charge is -2.34. The molecule has 0 bridgehead atoms. The first-order chi connectivity index (χ1) is 9.72. The van der Waals surface area contributed by atoms with E-state index >= 15 is 0 Å². The Labute approximate surface area is 129 Å². The Morgan fingerprint density at radius 1 is 1.43 bits per heavy atom. The minimum absolute atomic E-state index is 0.0446. The van der Waals surface area contributed by atoms with Gasteiger partial charge in [-0.2, -0.15) is 0 Å². The van der Waals surface area contributed by atoms with Crippen molar-refractivity contribution in [3.05, 3.63) is 29.0 Å². The Bertz CT molecular complexity index is 613. The smallest absolute Gasteiger partial charge is 0.240 e. The number of sulfonamides is 1. The van der Waals surface area contributed by atoms with Crippen LogP contribution >= 0.6 is 11.6 Å². The molecule has 0 unspecified atom stereocenters. The van der Waals surface area contributed by atoms with Crippen LogP contribution in [0, 0.1) is 11.7 Å². The zero-order valence-corrected chi connectivity index (χ0v) is 13.3. The molecular weight excluding hydrogens is 317 g/mol. The first-order valence-corrected chi connectivity index (χ1v) is 8.75. The maximum Gasteiger partial charge on any atom is 0.240 e. The Kier molecular flexibility index (Phi) is 4.92. The fourth-order valence-corrected chi connectivity index (χ4v) is 3.82. The summed E-state index contributed by atoms with van der Waals surface area (Å²) in [4.78, 5) is -0.110. The van der Waals surface area contributed by atoms with E-state index in [1.54, 1.807) is 0 Å².